The SMILES string of the molecule is CN1C=CN(c2[c-]c(Oc3[c-]c(C4(c5ccccn5)c5ccccc5-c5ccccc54)ccc3)sc2)[CH-]1.[Pt]. The van der Waals surface area contributed by atoms with Crippen LogP contribution in [0.4, 0.5) is 5.69 Å². The van der Waals surface area contributed by atoms with Crippen molar-refractivity contribution in [1.82, 2.24) is 9.88 Å². The van der Waals surface area contributed by atoms with Crippen LogP contribution in [-0.4, -0.2) is 16.9 Å². The number of fused-ring (bicyclic) bond motifs is 3. The van der Waals surface area contributed by atoms with Gasteiger partial charge in [-0.3, -0.25) is 4.98 Å². The van der Waals surface area contributed by atoms with E-state index in [4.69, 9.17) is 9.72 Å². The van der Waals surface area contributed by atoms with Gasteiger partial charge in [0.25, 0.3) is 0 Å². The first kappa shape index (κ1) is 24.7. The van der Waals surface area contributed by atoms with E-state index in [-0.39, 0.29) is 21.1 Å². The second-order valence-corrected chi connectivity index (χ2v) is 9.95. The minimum atomic E-state index is -0.599. The molecule has 0 saturated heterocycles. The molecule has 0 unspecified atom stereocenters. The van der Waals surface area contributed by atoms with E-state index < -0.39 is 5.41 Å². The van der Waals surface area contributed by atoms with Crippen LogP contribution < -0.4 is 9.64 Å². The molecule has 7 rings (SSSR count). The molecular formula is C32H22N3OPtS-3. The van der Waals surface area contributed by atoms with Crippen molar-refractivity contribution in [3.8, 4) is 21.9 Å². The maximum Gasteiger partial charge on any atom is 0.0717 e. The molecule has 3 heterocycles. The molecule has 190 valence electrons. The third-order valence-electron chi connectivity index (χ3n) is 6.93. The van der Waals surface area contributed by atoms with E-state index in [9.17, 15) is 0 Å². The summed E-state index contributed by atoms with van der Waals surface area (Å²) >= 11 is 1.52. The summed E-state index contributed by atoms with van der Waals surface area (Å²) in [6.07, 6.45) is 5.86. The number of pyridine rings is 1. The molecule has 0 amide bonds. The third kappa shape index (κ3) is 3.89. The van der Waals surface area contributed by atoms with Gasteiger partial charge in [-0.2, -0.15) is 24.9 Å². The monoisotopic (exact) mass is 691 g/mol. The van der Waals surface area contributed by atoms with Gasteiger partial charge >= 0.3 is 0 Å². The quantitative estimate of drug-likeness (QED) is 0.179. The average Bonchev–Trinajstić information content (AvgIpc) is 3.66. The molecule has 4 nitrogen and oxygen atoms in total. The predicted octanol–water partition coefficient (Wildman–Crippen LogP) is 7.24. The van der Waals surface area contributed by atoms with Crippen LogP contribution in [0.25, 0.3) is 11.1 Å². The fourth-order valence-electron chi connectivity index (χ4n) is 5.39. The van der Waals surface area contributed by atoms with Gasteiger partial charge in [-0.15, -0.1) is 28.8 Å². The topological polar surface area (TPSA) is 28.6 Å². The molecule has 0 atom stereocenters. The van der Waals surface area contributed by atoms with E-state index in [1.54, 1.807) is 0 Å². The number of thiophene rings is 1. The fourth-order valence-corrected chi connectivity index (χ4v) is 6.09. The summed E-state index contributed by atoms with van der Waals surface area (Å²) in [6.45, 7) is 2.00. The Morgan fingerprint density at radius 3 is 2.26 bits per heavy atom. The Kier molecular flexibility index (Phi) is 6.43. The number of aromatic nitrogens is 1. The van der Waals surface area contributed by atoms with Crippen LogP contribution in [0.2, 0.25) is 0 Å². The summed E-state index contributed by atoms with van der Waals surface area (Å²) in [5.74, 6) is 0.650. The number of hydrogen-bond acceptors (Lipinski definition) is 5. The fraction of sp³-hybridized carbons (Fsp3) is 0.0625. The molecule has 3 aromatic carbocycles. The van der Waals surface area contributed by atoms with Gasteiger partial charge in [0.1, 0.15) is 0 Å². The van der Waals surface area contributed by atoms with Crippen LogP contribution in [0.3, 0.4) is 0 Å². The molecule has 0 bridgehead atoms. The molecule has 1 aliphatic heterocycles. The van der Waals surface area contributed by atoms with Gasteiger partial charge in [-0.05, 0) is 53.8 Å². The molecule has 2 aliphatic rings. The van der Waals surface area contributed by atoms with Gasteiger partial charge < -0.3 is 14.5 Å². The zero-order chi connectivity index (χ0) is 24.8. The Hall–Kier alpha value is -3.66. The molecule has 2 aromatic heterocycles. The Bertz CT molecular complexity index is 1590. The molecule has 5 aromatic rings. The van der Waals surface area contributed by atoms with E-state index >= 15 is 0 Å². The van der Waals surface area contributed by atoms with Gasteiger partial charge in [0.2, 0.25) is 0 Å². The standard InChI is InChI=1S/C32H22N3OS.Pt/c1-34-17-18-35(22-34)24-20-31(37-21-24)36-25-10-8-9-23(19-25)32(30-15-6-7-16-33-30)28-13-4-2-11-26(28)27-12-3-5-14-29(27)32;/h2-18,21-22H,1H3;/q-3;. The Labute approximate surface area is 241 Å². The third-order valence-corrected chi connectivity index (χ3v) is 7.67. The molecule has 0 spiro atoms. The minimum Gasteiger partial charge on any atom is -0.510 e. The molecule has 0 N–H and O–H groups in total. The summed E-state index contributed by atoms with van der Waals surface area (Å²) in [7, 11) is 2.00. The Morgan fingerprint density at radius 1 is 0.842 bits per heavy atom. The summed E-state index contributed by atoms with van der Waals surface area (Å²) in [5, 5.41) is 2.73. The largest absolute Gasteiger partial charge is 0.510 e. The normalized spacial score (nSPS) is 14.7. The van der Waals surface area contributed by atoms with Crippen LogP contribution in [0.5, 0.6) is 10.8 Å². The number of rotatable bonds is 5. The predicted molar refractivity (Wildman–Crippen MR) is 147 cm³/mol. The van der Waals surface area contributed by atoms with E-state index in [0.717, 1.165) is 16.9 Å². The van der Waals surface area contributed by atoms with Crippen molar-refractivity contribution in [2.75, 3.05) is 11.9 Å². The van der Waals surface area contributed by atoms with Crippen LogP contribution in [0.15, 0.2) is 109 Å². The number of benzene rings is 3. The van der Waals surface area contributed by atoms with Gasteiger partial charge in [0, 0.05) is 33.0 Å². The zero-order valence-electron chi connectivity index (χ0n) is 20.4. The van der Waals surface area contributed by atoms with Gasteiger partial charge in [-0.1, -0.05) is 54.6 Å². The summed E-state index contributed by atoms with van der Waals surface area (Å²) in [4.78, 5) is 8.91. The van der Waals surface area contributed by atoms with Crippen molar-refractivity contribution < 1.29 is 25.8 Å². The smallest absolute Gasteiger partial charge is 0.0717 e. The molecule has 38 heavy (non-hydrogen) atoms. The molecule has 0 radical (unpaired) electrons. The molecule has 0 saturated carbocycles. The van der Waals surface area contributed by atoms with Crippen LogP contribution >= 0.6 is 11.3 Å². The number of hydrogen-bond donors (Lipinski definition) is 0. The first-order valence-electron chi connectivity index (χ1n) is 12.1. The Morgan fingerprint density at radius 2 is 1.58 bits per heavy atom. The van der Waals surface area contributed by atoms with E-state index in [0.29, 0.717) is 10.8 Å². The maximum absolute atomic E-state index is 6.31. The van der Waals surface area contributed by atoms with Crippen LogP contribution in [-0.2, 0) is 26.5 Å². The van der Waals surface area contributed by atoms with Crippen molar-refractivity contribution in [3.63, 3.8) is 0 Å². The van der Waals surface area contributed by atoms with Crippen LogP contribution in [0.1, 0.15) is 22.4 Å². The van der Waals surface area contributed by atoms with Gasteiger partial charge in [0.15, 0.2) is 0 Å². The molecule has 1 aliphatic carbocycles. The number of ether oxygens (including phenoxy) is 1. The summed E-state index contributed by atoms with van der Waals surface area (Å²) < 4.78 is 6.31. The first-order chi connectivity index (χ1) is 18.2. The molecule has 6 heteroatoms. The second kappa shape index (κ2) is 9.90. The average molecular weight is 692 g/mol. The van der Waals surface area contributed by atoms with Crippen molar-refractivity contribution in [2.45, 2.75) is 5.41 Å². The minimum absolute atomic E-state index is 0. The summed E-state index contributed by atoms with van der Waals surface area (Å²) in [5.41, 5.74) is 7.15. The second-order valence-electron chi connectivity index (χ2n) is 9.11. The first-order valence-corrected chi connectivity index (χ1v) is 13.0. The van der Waals surface area contributed by atoms with Gasteiger partial charge in [-0.25, -0.2) is 11.3 Å². The van der Waals surface area contributed by atoms with E-state index in [1.807, 2.05) is 65.7 Å². The molecular weight excluding hydrogens is 670 g/mol. The summed E-state index contributed by atoms with van der Waals surface area (Å²) in [6, 6.07) is 36.4. The van der Waals surface area contributed by atoms with Crippen molar-refractivity contribution >= 4 is 17.0 Å². The molecule has 0 fully saturated rings. The van der Waals surface area contributed by atoms with Gasteiger partial charge in [0.05, 0.1) is 16.2 Å². The number of nitrogens with zero attached hydrogens (tertiary/aromatic N) is 3. The van der Waals surface area contributed by atoms with Crippen molar-refractivity contribution in [3.05, 3.63) is 150 Å². The maximum atomic E-state index is 6.31. The van der Waals surface area contributed by atoms with E-state index in [1.165, 1.54) is 33.6 Å². The van der Waals surface area contributed by atoms with Crippen LogP contribution in [0, 0.1) is 18.8 Å². The van der Waals surface area contributed by atoms with Crippen molar-refractivity contribution in [2.24, 2.45) is 0 Å². The number of anilines is 1. The van der Waals surface area contributed by atoms with Crippen molar-refractivity contribution in [1.29, 1.82) is 0 Å². The zero-order valence-corrected chi connectivity index (χ0v) is 23.5. The van der Waals surface area contributed by atoms with E-state index in [2.05, 4.69) is 78.9 Å². The Balaban J connectivity index is 0.00000264.